The Labute approximate surface area is 201 Å². The maximum atomic E-state index is 13.8. The minimum absolute atomic E-state index is 0. The van der Waals surface area contributed by atoms with Crippen molar-refractivity contribution in [1.29, 1.82) is 0 Å². The lowest BCUT2D eigenvalue weighted by atomic mass is 9.96. The van der Waals surface area contributed by atoms with Crippen LogP contribution >= 0.6 is 0 Å². The fourth-order valence-corrected chi connectivity index (χ4v) is 3.90. The van der Waals surface area contributed by atoms with Crippen LogP contribution in [-0.2, 0) is 22.1 Å². The van der Waals surface area contributed by atoms with Crippen LogP contribution in [0.5, 0.6) is 0 Å². The van der Waals surface area contributed by atoms with Crippen molar-refractivity contribution in [3.8, 4) is 0 Å². The zero-order valence-electron chi connectivity index (χ0n) is 19.6. The summed E-state index contributed by atoms with van der Waals surface area (Å²) in [6.07, 6.45) is 3.14. The van der Waals surface area contributed by atoms with Gasteiger partial charge in [0.25, 0.3) is 5.92 Å². The largest absolute Gasteiger partial charge is 0.355 e. The molecule has 1 fully saturated rings. The van der Waals surface area contributed by atoms with Crippen molar-refractivity contribution >= 4 is 23.1 Å². The first kappa shape index (κ1) is 27.4. The first-order valence-electron chi connectivity index (χ1n) is 11.4. The summed E-state index contributed by atoms with van der Waals surface area (Å²) in [4.78, 5) is 27.0. The molecule has 0 atom stereocenters. The van der Waals surface area contributed by atoms with Crippen molar-refractivity contribution in [2.75, 3.05) is 26.0 Å². The van der Waals surface area contributed by atoms with Crippen LogP contribution in [0.25, 0.3) is 0 Å². The molecule has 1 saturated carbocycles. The van der Waals surface area contributed by atoms with E-state index in [0.29, 0.717) is 30.8 Å². The average molecular weight is 474 g/mol. The number of carbonyl (C=O) groups excluding carboxylic acids is 2. The van der Waals surface area contributed by atoms with Crippen LogP contribution in [0.3, 0.4) is 0 Å². The maximum Gasteiger partial charge on any atom is 0.272 e. The molecule has 0 aliphatic heterocycles. The quantitative estimate of drug-likeness (QED) is 0.404. The summed E-state index contributed by atoms with van der Waals surface area (Å²) in [5.74, 6) is -2.86. The number of ketones is 1. The predicted molar refractivity (Wildman–Crippen MR) is 133 cm³/mol. The summed E-state index contributed by atoms with van der Waals surface area (Å²) in [5, 5.41) is 6.00. The van der Waals surface area contributed by atoms with Crippen molar-refractivity contribution < 1.29 is 18.4 Å². The monoisotopic (exact) mass is 473 g/mol. The molecule has 2 aromatic rings. The molecule has 3 rings (SSSR count). The molecule has 0 saturated heterocycles. The molecule has 1 aliphatic rings. The Morgan fingerprint density at radius 1 is 1.06 bits per heavy atom. The van der Waals surface area contributed by atoms with E-state index < -0.39 is 11.3 Å². The molecular weight excluding hydrogens is 436 g/mol. The first-order valence-corrected chi connectivity index (χ1v) is 11.4. The molecule has 0 spiro atoms. The average Bonchev–Trinajstić information content (AvgIpc) is 3.53. The first-order chi connectivity index (χ1) is 15.6. The molecule has 0 unspecified atom stereocenters. The van der Waals surface area contributed by atoms with Gasteiger partial charge in [0.1, 0.15) is 5.78 Å². The van der Waals surface area contributed by atoms with E-state index in [1.54, 1.807) is 30.3 Å². The number of anilines is 2. The molecule has 5 nitrogen and oxygen atoms in total. The van der Waals surface area contributed by atoms with Gasteiger partial charge in [0, 0.05) is 43.2 Å². The molecule has 186 valence electrons. The summed E-state index contributed by atoms with van der Waals surface area (Å²) < 4.78 is 27.7. The summed E-state index contributed by atoms with van der Waals surface area (Å²) in [6, 6.07) is 13.6. The second kappa shape index (κ2) is 11.6. The summed E-state index contributed by atoms with van der Waals surface area (Å²) in [7, 11) is 3.96. The Balaban J connectivity index is 0.00000408. The van der Waals surface area contributed by atoms with Crippen LogP contribution in [0.4, 0.5) is 20.2 Å². The molecule has 0 aromatic heterocycles. The fraction of sp³-hybridized carbons (Fsp3) is 0.481. The Bertz CT molecular complexity index is 965. The van der Waals surface area contributed by atoms with Crippen LogP contribution in [0.15, 0.2) is 48.5 Å². The van der Waals surface area contributed by atoms with E-state index in [-0.39, 0.29) is 24.7 Å². The van der Waals surface area contributed by atoms with E-state index in [4.69, 9.17) is 0 Å². The van der Waals surface area contributed by atoms with E-state index in [2.05, 4.69) is 10.6 Å². The third-order valence-electron chi connectivity index (χ3n) is 6.02. The topological polar surface area (TPSA) is 61.4 Å². The molecule has 1 aliphatic carbocycles. The normalized spacial score (nSPS) is 14.3. The molecule has 2 N–H and O–H groups in total. The van der Waals surface area contributed by atoms with Crippen molar-refractivity contribution in [3.63, 3.8) is 0 Å². The molecule has 2 aromatic carbocycles. The molecular formula is C27H37F2N3O2. The summed E-state index contributed by atoms with van der Waals surface area (Å²) >= 11 is 0. The summed E-state index contributed by atoms with van der Waals surface area (Å²) in [6.45, 7) is 2.10. The van der Waals surface area contributed by atoms with Crippen LogP contribution < -0.4 is 10.6 Å². The molecule has 0 bridgehead atoms. The highest BCUT2D eigenvalue weighted by molar-refractivity contribution is 5.91. The van der Waals surface area contributed by atoms with Gasteiger partial charge < -0.3 is 15.5 Å². The third kappa shape index (κ3) is 7.62. The Hall–Kier alpha value is -2.80. The lowest BCUT2D eigenvalue weighted by molar-refractivity contribution is -0.131. The van der Waals surface area contributed by atoms with Gasteiger partial charge in [-0.2, -0.15) is 0 Å². The second-order valence-corrected chi connectivity index (χ2v) is 9.34. The summed E-state index contributed by atoms with van der Waals surface area (Å²) in [5.41, 5.74) is 1.34. The SMILES string of the molecule is C.CN(C)CCCC(=O)CC1(C(=O)NCc2ccc(Nc3ccccc3C(C)(F)F)cc2)CC1. The van der Waals surface area contributed by atoms with Gasteiger partial charge in [-0.05, 0) is 63.7 Å². The second-order valence-electron chi connectivity index (χ2n) is 9.34. The van der Waals surface area contributed by atoms with Crippen LogP contribution in [-0.4, -0.2) is 37.2 Å². The number of nitrogens with one attached hydrogen (secondary N) is 2. The van der Waals surface area contributed by atoms with E-state index >= 15 is 0 Å². The number of hydrogen-bond acceptors (Lipinski definition) is 4. The number of hydrogen-bond donors (Lipinski definition) is 2. The molecule has 1 amide bonds. The molecule has 7 heteroatoms. The zero-order valence-corrected chi connectivity index (χ0v) is 19.6. The number of para-hydroxylation sites is 1. The number of alkyl halides is 2. The van der Waals surface area contributed by atoms with Gasteiger partial charge in [-0.3, -0.25) is 9.59 Å². The molecule has 0 heterocycles. The van der Waals surface area contributed by atoms with E-state index in [1.807, 2.05) is 31.1 Å². The lowest BCUT2D eigenvalue weighted by Crippen LogP contribution is -2.33. The number of carbonyl (C=O) groups is 2. The Morgan fingerprint density at radius 3 is 2.29 bits per heavy atom. The van der Waals surface area contributed by atoms with Crippen LogP contribution in [0.2, 0.25) is 0 Å². The van der Waals surface area contributed by atoms with Gasteiger partial charge in [-0.25, -0.2) is 8.78 Å². The van der Waals surface area contributed by atoms with Crippen molar-refractivity contribution in [3.05, 3.63) is 59.7 Å². The van der Waals surface area contributed by atoms with Gasteiger partial charge in [-0.1, -0.05) is 37.8 Å². The van der Waals surface area contributed by atoms with Gasteiger partial charge in [0.15, 0.2) is 0 Å². The fourth-order valence-electron chi connectivity index (χ4n) is 3.90. The number of nitrogens with zero attached hydrogens (tertiary/aromatic N) is 1. The third-order valence-corrected chi connectivity index (χ3v) is 6.02. The van der Waals surface area contributed by atoms with Crippen LogP contribution in [0.1, 0.15) is 57.6 Å². The van der Waals surface area contributed by atoms with E-state index in [9.17, 15) is 18.4 Å². The minimum atomic E-state index is -2.94. The highest BCUT2D eigenvalue weighted by Gasteiger charge is 2.50. The zero-order chi connectivity index (χ0) is 24.1. The van der Waals surface area contributed by atoms with Crippen molar-refractivity contribution in [2.45, 2.75) is 58.9 Å². The Morgan fingerprint density at radius 2 is 1.71 bits per heavy atom. The Kier molecular flexibility index (Phi) is 9.33. The number of Topliss-reactive ketones (excluding diaryl/α,β-unsaturated/α-hetero) is 1. The van der Waals surface area contributed by atoms with Gasteiger partial charge in [0.05, 0.1) is 5.41 Å². The minimum Gasteiger partial charge on any atom is -0.355 e. The van der Waals surface area contributed by atoms with Gasteiger partial charge >= 0.3 is 0 Å². The van der Waals surface area contributed by atoms with Crippen LogP contribution in [0, 0.1) is 5.41 Å². The molecule has 0 radical (unpaired) electrons. The number of rotatable bonds is 12. The van der Waals surface area contributed by atoms with Crippen molar-refractivity contribution in [1.82, 2.24) is 10.2 Å². The number of halogens is 2. The standard InChI is InChI=1S/C26H33F2N3O2.CH4/c1-25(27,28)22-8-4-5-9-23(22)30-20-12-10-19(11-13-20)18-29-24(33)26(14-15-26)17-21(32)7-6-16-31(2)3;/h4-5,8-13,30H,6-7,14-18H2,1-3H3,(H,29,33);1H4. The van der Waals surface area contributed by atoms with E-state index in [0.717, 1.165) is 38.3 Å². The van der Waals surface area contributed by atoms with E-state index in [1.165, 1.54) is 6.07 Å². The molecule has 34 heavy (non-hydrogen) atoms. The lowest BCUT2D eigenvalue weighted by Gasteiger charge is -2.17. The van der Waals surface area contributed by atoms with Gasteiger partial charge in [-0.15, -0.1) is 0 Å². The van der Waals surface area contributed by atoms with Gasteiger partial charge in [0.2, 0.25) is 5.91 Å². The smallest absolute Gasteiger partial charge is 0.272 e. The highest BCUT2D eigenvalue weighted by atomic mass is 19.3. The van der Waals surface area contributed by atoms with Crippen molar-refractivity contribution in [2.24, 2.45) is 5.41 Å². The number of benzene rings is 2. The predicted octanol–water partition coefficient (Wildman–Crippen LogP) is 5.88. The number of amides is 1. The maximum absolute atomic E-state index is 13.8. The highest BCUT2D eigenvalue weighted by Crippen LogP contribution is 2.49.